The minimum absolute atomic E-state index is 0. The molecule has 1 atom stereocenters. The van der Waals surface area contributed by atoms with Crippen LogP contribution >= 0.6 is 24.0 Å². The number of nitrogens with one attached hydrogen (secondary N) is 2. The molecule has 7 nitrogen and oxygen atoms in total. The number of aliphatic imine (C=N–C) groups is 1. The van der Waals surface area contributed by atoms with Crippen molar-refractivity contribution in [3.63, 3.8) is 0 Å². The van der Waals surface area contributed by atoms with Crippen LogP contribution in [-0.4, -0.2) is 50.8 Å². The average molecular weight is 527 g/mol. The van der Waals surface area contributed by atoms with Gasteiger partial charge in [-0.2, -0.15) is 0 Å². The zero-order chi connectivity index (χ0) is 21.1. The number of guanidine groups is 1. The van der Waals surface area contributed by atoms with E-state index in [1.807, 2.05) is 37.4 Å². The third kappa shape index (κ3) is 7.89. The fourth-order valence-electron chi connectivity index (χ4n) is 2.88. The van der Waals surface area contributed by atoms with Crippen LogP contribution in [0.5, 0.6) is 11.5 Å². The number of aromatic nitrogens is 1. The van der Waals surface area contributed by atoms with E-state index in [0.717, 1.165) is 36.0 Å². The second kappa shape index (κ2) is 13.9. The van der Waals surface area contributed by atoms with Crippen molar-refractivity contribution in [3.8, 4) is 11.5 Å². The first kappa shape index (κ1) is 25.8. The summed E-state index contributed by atoms with van der Waals surface area (Å²) in [5.74, 6) is 3.17. The molecule has 0 aliphatic rings. The Bertz CT molecular complexity index is 766. The number of methoxy groups -OCH3 is 1. The van der Waals surface area contributed by atoms with E-state index in [9.17, 15) is 0 Å². The van der Waals surface area contributed by atoms with Crippen molar-refractivity contribution in [1.82, 2.24) is 15.6 Å². The topological polar surface area (TPSA) is 71.0 Å². The second-order valence-electron chi connectivity index (χ2n) is 6.58. The molecule has 0 saturated carbocycles. The Morgan fingerprint density at radius 1 is 1.10 bits per heavy atom. The summed E-state index contributed by atoms with van der Waals surface area (Å²) in [5.41, 5.74) is 1.10. The van der Waals surface area contributed by atoms with Crippen LogP contribution in [0.3, 0.4) is 0 Å². The van der Waals surface area contributed by atoms with Gasteiger partial charge in [-0.15, -0.1) is 24.0 Å². The Balaban J connectivity index is 0.00000450. The summed E-state index contributed by atoms with van der Waals surface area (Å²) in [6, 6.07) is 11.8. The van der Waals surface area contributed by atoms with Gasteiger partial charge in [0.25, 0.3) is 0 Å². The van der Waals surface area contributed by atoms with E-state index in [4.69, 9.17) is 9.47 Å². The van der Waals surface area contributed by atoms with Crippen molar-refractivity contribution < 1.29 is 9.47 Å². The number of anilines is 1. The fourth-order valence-corrected chi connectivity index (χ4v) is 2.88. The first-order valence-corrected chi connectivity index (χ1v) is 10.0. The van der Waals surface area contributed by atoms with E-state index in [2.05, 4.69) is 51.5 Å². The molecule has 2 aromatic rings. The van der Waals surface area contributed by atoms with Crippen molar-refractivity contribution in [2.45, 2.75) is 33.4 Å². The highest BCUT2D eigenvalue weighted by Crippen LogP contribution is 2.26. The SMILES string of the molecule is CCN(CC)c1ccc(CNC(=NC)NCC(C)Oc2ccccc2OC)cn1.I. The lowest BCUT2D eigenvalue weighted by Crippen LogP contribution is -2.41. The molecule has 0 amide bonds. The van der Waals surface area contributed by atoms with Gasteiger partial charge < -0.3 is 25.0 Å². The normalized spacial score (nSPS) is 11.8. The van der Waals surface area contributed by atoms with Crippen LogP contribution in [-0.2, 0) is 6.54 Å². The van der Waals surface area contributed by atoms with Gasteiger partial charge in [-0.05, 0) is 44.5 Å². The molecular weight excluding hydrogens is 493 g/mol. The number of hydrogen-bond acceptors (Lipinski definition) is 5. The summed E-state index contributed by atoms with van der Waals surface area (Å²) < 4.78 is 11.3. The minimum atomic E-state index is -0.0557. The van der Waals surface area contributed by atoms with Crippen molar-refractivity contribution >= 4 is 35.8 Å². The van der Waals surface area contributed by atoms with Gasteiger partial charge in [-0.3, -0.25) is 4.99 Å². The minimum Gasteiger partial charge on any atom is -0.493 e. The lowest BCUT2D eigenvalue weighted by Gasteiger charge is -2.20. The van der Waals surface area contributed by atoms with E-state index in [1.165, 1.54) is 0 Å². The van der Waals surface area contributed by atoms with Gasteiger partial charge in [0, 0.05) is 32.9 Å². The number of pyridine rings is 1. The third-order valence-corrected chi connectivity index (χ3v) is 4.53. The van der Waals surface area contributed by atoms with Gasteiger partial charge in [-0.1, -0.05) is 18.2 Å². The maximum Gasteiger partial charge on any atom is 0.191 e. The van der Waals surface area contributed by atoms with Crippen LogP contribution in [0.1, 0.15) is 26.3 Å². The first-order chi connectivity index (χ1) is 14.1. The summed E-state index contributed by atoms with van der Waals surface area (Å²) >= 11 is 0. The van der Waals surface area contributed by atoms with Gasteiger partial charge in [0.2, 0.25) is 0 Å². The van der Waals surface area contributed by atoms with E-state index in [-0.39, 0.29) is 30.1 Å². The van der Waals surface area contributed by atoms with Gasteiger partial charge in [0.1, 0.15) is 11.9 Å². The molecule has 0 aliphatic heterocycles. The Labute approximate surface area is 197 Å². The number of halogens is 1. The number of hydrogen-bond donors (Lipinski definition) is 2. The molecule has 0 bridgehead atoms. The first-order valence-electron chi connectivity index (χ1n) is 10.0. The zero-order valence-corrected chi connectivity index (χ0v) is 20.8. The van der Waals surface area contributed by atoms with Crippen molar-refractivity contribution in [1.29, 1.82) is 0 Å². The molecule has 1 aromatic carbocycles. The molecule has 1 unspecified atom stereocenters. The lowest BCUT2D eigenvalue weighted by atomic mass is 10.2. The Morgan fingerprint density at radius 3 is 2.37 bits per heavy atom. The van der Waals surface area contributed by atoms with Crippen molar-refractivity contribution in [3.05, 3.63) is 48.2 Å². The van der Waals surface area contributed by atoms with Gasteiger partial charge in [0.05, 0.1) is 13.7 Å². The van der Waals surface area contributed by atoms with E-state index >= 15 is 0 Å². The highest BCUT2D eigenvalue weighted by molar-refractivity contribution is 14.0. The molecule has 0 spiro atoms. The number of benzene rings is 1. The molecular formula is C22H34IN5O2. The lowest BCUT2D eigenvalue weighted by molar-refractivity contribution is 0.213. The molecule has 0 saturated heterocycles. The summed E-state index contributed by atoms with van der Waals surface area (Å²) in [6.07, 6.45) is 1.85. The summed E-state index contributed by atoms with van der Waals surface area (Å²) in [6.45, 7) is 9.43. The van der Waals surface area contributed by atoms with E-state index < -0.39 is 0 Å². The summed E-state index contributed by atoms with van der Waals surface area (Å²) in [4.78, 5) is 11.1. The van der Waals surface area contributed by atoms with Gasteiger partial charge in [0.15, 0.2) is 17.5 Å². The quantitative estimate of drug-likeness (QED) is 0.279. The van der Waals surface area contributed by atoms with Crippen molar-refractivity contribution in [2.24, 2.45) is 4.99 Å². The Morgan fingerprint density at radius 2 is 1.80 bits per heavy atom. The van der Waals surface area contributed by atoms with Crippen LogP contribution in [0, 0.1) is 0 Å². The van der Waals surface area contributed by atoms with Crippen LogP contribution < -0.4 is 25.0 Å². The largest absolute Gasteiger partial charge is 0.493 e. The Hall–Kier alpha value is -2.23. The molecule has 2 N–H and O–H groups in total. The van der Waals surface area contributed by atoms with Crippen LogP contribution in [0.2, 0.25) is 0 Å². The molecule has 0 aliphatic carbocycles. The van der Waals surface area contributed by atoms with Crippen LogP contribution in [0.4, 0.5) is 5.82 Å². The maximum absolute atomic E-state index is 5.97. The number of para-hydroxylation sites is 2. The molecule has 0 fully saturated rings. The van der Waals surface area contributed by atoms with E-state index in [0.29, 0.717) is 19.0 Å². The standard InChI is InChI=1S/C22H33N5O2.HI/c1-6-27(7-2)21-13-12-18(15-24-21)16-26-22(23-4)25-14-17(3)29-20-11-9-8-10-19(20)28-5;/h8-13,15,17H,6-7,14,16H2,1-5H3,(H2,23,25,26);1H. The van der Waals surface area contributed by atoms with Crippen molar-refractivity contribution in [2.75, 3.05) is 38.7 Å². The predicted molar refractivity (Wildman–Crippen MR) is 134 cm³/mol. The summed E-state index contributed by atoms with van der Waals surface area (Å²) in [5, 5.41) is 6.60. The molecule has 1 heterocycles. The number of rotatable bonds is 10. The number of ether oxygens (including phenoxy) is 2. The van der Waals surface area contributed by atoms with Crippen LogP contribution in [0.25, 0.3) is 0 Å². The molecule has 0 radical (unpaired) electrons. The highest BCUT2D eigenvalue weighted by atomic mass is 127. The predicted octanol–water partition coefficient (Wildman–Crippen LogP) is 3.69. The number of nitrogens with zero attached hydrogens (tertiary/aromatic N) is 3. The molecule has 30 heavy (non-hydrogen) atoms. The Kier molecular flexibility index (Phi) is 12.0. The fraction of sp³-hybridized carbons (Fsp3) is 0.455. The van der Waals surface area contributed by atoms with Gasteiger partial charge >= 0.3 is 0 Å². The zero-order valence-electron chi connectivity index (χ0n) is 18.5. The summed E-state index contributed by atoms with van der Waals surface area (Å²) in [7, 11) is 3.39. The molecule has 1 aromatic heterocycles. The molecule has 2 rings (SSSR count). The molecule has 166 valence electrons. The smallest absolute Gasteiger partial charge is 0.191 e. The second-order valence-corrected chi connectivity index (χ2v) is 6.58. The van der Waals surface area contributed by atoms with Gasteiger partial charge in [-0.25, -0.2) is 4.98 Å². The highest BCUT2D eigenvalue weighted by Gasteiger charge is 2.09. The van der Waals surface area contributed by atoms with Crippen LogP contribution in [0.15, 0.2) is 47.6 Å². The third-order valence-electron chi connectivity index (χ3n) is 4.53. The molecule has 8 heteroatoms. The monoisotopic (exact) mass is 527 g/mol. The average Bonchev–Trinajstić information content (AvgIpc) is 2.76. The van der Waals surface area contributed by atoms with E-state index in [1.54, 1.807) is 14.2 Å². The maximum atomic E-state index is 5.97.